The summed E-state index contributed by atoms with van der Waals surface area (Å²) in [5, 5.41) is 18.3. The summed E-state index contributed by atoms with van der Waals surface area (Å²) in [6.07, 6.45) is 4.46. The molecule has 0 unspecified atom stereocenters. The van der Waals surface area contributed by atoms with Crippen molar-refractivity contribution in [2.45, 2.75) is 19.9 Å². The zero-order valence-electron chi connectivity index (χ0n) is 15.6. The van der Waals surface area contributed by atoms with E-state index in [1.54, 1.807) is 17.1 Å². The van der Waals surface area contributed by atoms with E-state index in [1.807, 2.05) is 30.3 Å². The summed E-state index contributed by atoms with van der Waals surface area (Å²) in [5.41, 5.74) is 9.39. The van der Waals surface area contributed by atoms with Crippen molar-refractivity contribution >= 4 is 28.2 Å². The quantitative estimate of drug-likeness (QED) is 0.478. The van der Waals surface area contributed by atoms with Gasteiger partial charge in [-0.25, -0.2) is 9.97 Å². The summed E-state index contributed by atoms with van der Waals surface area (Å²) in [6, 6.07) is 14.0. The maximum Gasteiger partial charge on any atom is 0.153 e. The molecule has 7 nitrogen and oxygen atoms in total. The highest BCUT2D eigenvalue weighted by Crippen LogP contribution is 2.29. The fourth-order valence-corrected chi connectivity index (χ4v) is 3.25. The van der Waals surface area contributed by atoms with Crippen LogP contribution in [-0.4, -0.2) is 31.5 Å². The predicted octanol–water partition coefficient (Wildman–Crippen LogP) is 3.37. The molecule has 0 bridgehead atoms. The maximum atomic E-state index is 9.01. The van der Waals surface area contributed by atoms with Gasteiger partial charge in [0.2, 0.25) is 0 Å². The topological polar surface area (TPSA) is 102 Å². The molecular weight excluding hydrogens is 352 g/mol. The van der Waals surface area contributed by atoms with E-state index in [9.17, 15) is 0 Å². The van der Waals surface area contributed by atoms with Gasteiger partial charge >= 0.3 is 0 Å². The van der Waals surface area contributed by atoms with Crippen LogP contribution in [0.3, 0.4) is 0 Å². The third kappa shape index (κ3) is 3.52. The molecule has 4 rings (SSSR count). The van der Waals surface area contributed by atoms with Gasteiger partial charge in [0, 0.05) is 29.4 Å². The number of fused-ring (bicyclic) bond motifs is 1. The number of benzene rings is 1. The Morgan fingerprint density at radius 3 is 2.82 bits per heavy atom. The van der Waals surface area contributed by atoms with Gasteiger partial charge in [-0.1, -0.05) is 31.2 Å². The molecule has 0 saturated carbocycles. The molecule has 4 N–H and O–H groups in total. The highest BCUT2D eigenvalue weighted by Gasteiger charge is 2.10. The molecule has 7 heteroatoms. The van der Waals surface area contributed by atoms with Gasteiger partial charge in [0.15, 0.2) is 5.82 Å². The summed E-state index contributed by atoms with van der Waals surface area (Å²) < 4.78 is 1.67. The van der Waals surface area contributed by atoms with Crippen LogP contribution < -0.4 is 11.1 Å². The zero-order chi connectivity index (χ0) is 19.5. The number of nitrogens with one attached hydrogen (secondary N) is 1. The van der Waals surface area contributed by atoms with E-state index in [-0.39, 0.29) is 6.61 Å². The number of nitrogens with zero attached hydrogens (tertiary/aromatic N) is 4. The number of nitrogen functional groups attached to an aromatic ring is 1. The van der Waals surface area contributed by atoms with Crippen LogP contribution in [0.4, 0.5) is 17.5 Å². The summed E-state index contributed by atoms with van der Waals surface area (Å²) >= 11 is 0. The molecule has 3 aromatic heterocycles. The fraction of sp³-hybridized carbons (Fsp3) is 0.190. The second-order valence-electron chi connectivity index (χ2n) is 6.51. The smallest absolute Gasteiger partial charge is 0.153 e. The van der Waals surface area contributed by atoms with Gasteiger partial charge in [0.05, 0.1) is 18.8 Å². The number of rotatable bonds is 6. The van der Waals surface area contributed by atoms with Gasteiger partial charge in [-0.2, -0.15) is 5.10 Å². The lowest BCUT2D eigenvalue weighted by atomic mass is 10.0. The van der Waals surface area contributed by atoms with Crippen LogP contribution in [0.2, 0.25) is 0 Å². The monoisotopic (exact) mass is 374 g/mol. The van der Waals surface area contributed by atoms with Crippen molar-refractivity contribution in [2.75, 3.05) is 17.7 Å². The van der Waals surface area contributed by atoms with Crippen molar-refractivity contribution in [3.63, 3.8) is 0 Å². The molecule has 28 heavy (non-hydrogen) atoms. The highest BCUT2D eigenvalue weighted by atomic mass is 16.3. The first-order chi connectivity index (χ1) is 13.7. The molecule has 0 aliphatic rings. The molecule has 0 fully saturated rings. The van der Waals surface area contributed by atoms with Crippen LogP contribution in [0.5, 0.6) is 0 Å². The summed E-state index contributed by atoms with van der Waals surface area (Å²) in [6.45, 7) is 2.63. The Bertz CT molecular complexity index is 1120. The molecule has 142 valence electrons. The molecule has 1 aromatic carbocycles. The van der Waals surface area contributed by atoms with E-state index < -0.39 is 0 Å². The number of aliphatic hydroxyl groups is 1. The molecular formula is C21H22N6O. The largest absolute Gasteiger partial charge is 0.394 e. The molecule has 0 amide bonds. The number of aliphatic hydroxyl groups excluding tert-OH is 1. The normalized spacial score (nSPS) is 11.1. The Balaban J connectivity index is 1.71. The van der Waals surface area contributed by atoms with Crippen molar-refractivity contribution in [2.24, 2.45) is 0 Å². The van der Waals surface area contributed by atoms with E-state index in [2.05, 4.69) is 39.4 Å². The first-order valence-electron chi connectivity index (χ1n) is 9.24. The molecule has 4 aromatic rings. The van der Waals surface area contributed by atoms with Crippen molar-refractivity contribution in [3.8, 4) is 11.3 Å². The summed E-state index contributed by atoms with van der Waals surface area (Å²) in [7, 11) is 0. The summed E-state index contributed by atoms with van der Waals surface area (Å²) in [5.74, 6) is 1.80. The molecule has 0 saturated heterocycles. The molecule has 0 spiro atoms. The first-order valence-corrected chi connectivity index (χ1v) is 9.24. The average Bonchev–Trinajstić information content (AvgIpc) is 3.14. The van der Waals surface area contributed by atoms with Gasteiger partial charge in [0.1, 0.15) is 11.6 Å². The van der Waals surface area contributed by atoms with Gasteiger partial charge in [-0.3, -0.25) is 4.68 Å². The van der Waals surface area contributed by atoms with Gasteiger partial charge < -0.3 is 16.2 Å². The Morgan fingerprint density at radius 1 is 1.14 bits per heavy atom. The Morgan fingerprint density at radius 2 is 2.00 bits per heavy atom. The van der Waals surface area contributed by atoms with E-state index in [0.717, 1.165) is 28.5 Å². The number of nitrogens with two attached hydrogens (primary N) is 1. The fourth-order valence-electron chi connectivity index (χ4n) is 3.25. The van der Waals surface area contributed by atoms with Crippen LogP contribution in [0, 0.1) is 0 Å². The lowest BCUT2D eigenvalue weighted by molar-refractivity contribution is 0.269. The minimum absolute atomic E-state index is 0.0453. The first kappa shape index (κ1) is 17.9. The van der Waals surface area contributed by atoms with Crippen LogP contribution in [-0.2, 0) is 13.0 Å². The lowest BCUT2D eigenvalue weighted by Crippen LogP contribution is -2.03. The van der Waals surface area contributed by atoms with E-state index >= 15 is 0 Å². The SMILES string of the molecule is CCc1ccccc1-c1cc2cc(Nc3ccn(CCO)n3)ncc2c(N)n1. The summed E-state index contributed by atoms with van der Waals surface area (Å²) in [4.78, 5) is 9.02. The Labute approximate surface area is 162 Å². The molecule has 0 aliphatic carbocycles. The Kier molecular flexibility index (Phi) is 4.90. The van der Waals surface area contributed by atoms with E-state index in [1.165, 1.54) is 5.56 Å². The standard InChI is InChI=1S/C21H22N6O/c1-2-14-5-3-4-6-16(14)18-11-15-12-20(23-13-17(15)21(22)24-18)25-19-7-8-27(26-19)9-10-28/h3-8,11-13,28H,2,9-10H2,1H3,(H2,22,24)(H,23,25,26). The molecule has 0 atom stereocenters. The van der Waals surface area contributed by atoms with Crippen molar-refractivity contribution in [1.82, 2.24) is 19.7 Å². The number of pyridine rings is 2. The average molecular weight is 374 g/mol. The Hall–Kier alpha value is -3.45. The lowest BCUT2D eigenvalue weighted by Gasteiger charge is -2.11. The second-order valence-corrected chi connectivity index (χ2v) is 6.51. The predicted molar refractivity (Wildman–Crippen MR) is 111 cm³/mol. The van der Waals surface area contributed by atoms with Crippen LogP contribution in [0.1, 0.15) is 12.5 Å². The number of aryl methyl sites for hydroxylation is 1. The maximum absolute atomic E-state index is 9.01. The third-order valence-corrected chi connectivity index (χ3v) is 4.65. The van der Waals surface area contributed by atoms with Crippen LogP contribution >= 0.6 is 0 Å². The van der Waals surface area contributed by atoms with E-state index in [4.69, 9.17) is 10.8 Å². The molecule has 3 heterocycles. The minimum atomic E-state index is 0.0453. The number of anilines is 3. The van der Waals surface area contributed by atoms with E-state index in [0.29, 0.717) is 24.0 Å². The molecule has 0 radical (unpaired) electrons. The highest BCUT2D eigenvalue weighted by molar-refractivity contribution is 5.94. The van der Waals surface area contributed by atoms with Crippen LogP contribution in [0.25, 0.3) is 22.0 Å². The molecule has 0 aliphatic heterocycles. The second kappa shape index (κ2) is 7.66. The third-order valence-electron chi connectivity index (χ3n) is 4.65. The number of aromatic nitrogens is 4. The van der Waals surface area contributed by atoms with Gasteiger partial charge in [-0.15, -0.1) is 0 Å². The van der Waals surface area contributed by atoms with Crippen LogP contribution in [0.15, 0.2) is 54.9 Å². The minimum Gasteiger partial charge on any atom is -0.394 e. The zero-order valence-corrected chi connectivity index (χ0v) is 15.6. The number of hydrogen-bond acceptors (Lipinski definition) is 6. The van der Waals surface area contributed by atoms with Crippen molar-refractivity contribution < 1.29 is 5.11 Å². The number of hydrogen-bond donors (Lipinski definition) is 3. The van der Waals surface area contributed by atoms with Gasteiger partial charge in [0.25, 0.3) is 0 Å². The van der Waals surface area contributed by atoms with Gasteiger partial charge in [-0.05, 0) is 29.5 Å². The van der Waals surface area contributed by atoms with Crippen molar-refractivity contribution in [1.29, 1.82) is 0 Å². The van der Waals surface area contributed by atoms with Crippen molar-refractivity contribution in [3.05, 3.63) is 60.4 Å².